The number of hydrogen-bond donors (Lipinski definition) is 2. The Morgan fingerprint density at radius 2 is 1.85 bits per heavy atom. The van der Waals surface area contributed by atoms with Gasteiger partial charge in [0.05, 0.1) is 5.56 Å². The van der Waals surface area contributed by atoms with Crippen molar-refractivity contribution in [1.82, 2.24) is 10.3 Å². The normalized spacial score (nSPS) is 15.1. The van der Waals surface area contributed by atoms with Crippen LogP contribution in [-0.2, 0) is 13.1 Å². The maximum atomic E-state index is 13.5. The summed E-state index contributed by atoms with van der Waals surface area (Å²) in [6, 6.07) is 18.6. The lowest BCUT2D eigenvalue weighted by molar-refractivity contribution is 0.0986. The zero-order valence-electron chi connectivity index (χ0n) is 19.5. The minimum Gasteiger partial charge on any atom is -0.381 e. The fourth-order valence-corrected chi connectivity index (χ4v) is 4.26. The minimum atomic E-state index is 0.0155. The molecule has 0 radical (unpaired) electrons. The largest absolute Gasteiger partial charge is 0.381 e. The van der Waals surface area contributed by atoms with Crippen LogP contribution in [0, 0.1) is 6.92 Å². The lowest BCUT2D eigenvalue weighted by Gasteiger charge is -2.27. The highest BCUT2D eigenvalue weighted by Crippen LogP contribution is 2.27. The lowest BCUT2D eigenvalue weighted by atomic mass is 10.1. The summed E-state index contributed by atoms with van der Waals surface area (Å²) in [6.45, 7) is 5.33. The van der Waals surface area contributed by atoms with E-state index in [1.807, 2.05) is 17.0 Å². The highest BCUT2D eigenvalue weighted by molar-refractivity contribution is 6.06. The number of pyridine rings is 1. The van der Waals surface area contributed by atoms with Gasteiger partial charge in [-0.25, -0.2) is 0 Å². The van der Waals surface area contributed by atoms with Gasteiger partial charge in [-0.1, -0.05) is 49.1 Å². The van der Waals surface area contributed by atoms with E-state index in [1.165, 1.54) is 30.4 Å². The molecular weight excluding hydrogens is 408 g/mol. The molecule has 1 amide bonds. The van der Waals surface area contributed by atoms with Crippen LogP contribution in [0.2, 0.25) is 0 Å². The van der Waals surface area contributed by atoms with E-state index in [0.717, 1.165) is 56.0 Å². The predicted octanol–water partition coefficient (Wildman–Crippen LogP) is 5.70. The van der Waals surface area contributed by atoms with Gasteiger partial charge in [-0.2, -0.15) is 0 Å². The van der Waals surface area contributed by atoms with Gasteiger partial charge in [0.25, 0.3) is 5.91 Å². The molecule has 1 aliphatic rings. The molecule has 2 N–H and O–H groups in total. The van der Waals surface area contributed by atoms with Crippen LogP contribution in [0.5, 0.6) is 0 Å². The minimum absolute atomic E-state index is 0.0155. The van der Waals surface area contributed by atoms with Crippen molar-refractivity contribution in [3.8, 4) is 0 Å². The van der Waals surface area contributed by atoms with Crippen molar-refractivity contribution in [1.29, 1.82) is 0 Å². The molecule has 0 fully saturated rings. The predicted molar refractivity (Wildman–Crippen MR) is 136 cm³/mol. The molecule has 0 saturated carbocycles. The van der Waals surface area contributed by atoms with Gasteiger partial charge in [-0.15, -0.1) is 0 Å². The SMILES string of the molecule is Cc1ccc(CNc2ccc3c(c2)CNCCCCCCCN3C(=O)c2cccnc2)cc1. The number of anilines is 2. The van der Waals surface area contributed by atoms with Crippen LogP contribution in [0.25, 0.3) is 0 Å². The van der Waals surface area contributed by atoms with Crippen molar-refractivity contribution in [3.63, 3.8) is 0 Å². The zero-order valence-corrected chi connectivity index (χ0v) is 19.5. The van der Waals surface area contributed by atoms with Gasteiger partial charge in [0.2, 0.25) is 0 Å². The second kappa shape index (κ2) is 11.6. The Hall–Kier alpha value is -3.18. The molecule has 33 heavy (non-hydrogen) atoms. The molecule has 2 aromatic carbocycles. The molecule has 0 atom stereocenters. The van der Waals surface area contributed by atoms with Crippen LogP contribution in [-0.4, -0.2) is 24.0 Å². The van der Waals surface area contributed by atoms with E-state index in [4.69, 9.17) is 0 Å². The van der Waals surface area contributed by atoms with Gasteiger partial charge in [-0.3, -0.25) is 9.78 Å². The van der Waals surface area contributed by atoms with Gasteiger partial charge in [0.1, 0.15) is 0 Å². The van der Waals surface area contributed by atoms with Gasteiger partial charge >= 0.3 is 0 Å². The molecule has 5 nitrogen and oxygen atoms in total. The summed E-state index contributed by atoms with van der Waals surface area (Å²) in [5.41, 5.74) is 6.34. The van der Waals surface area contributed by atoms with Crippen LogP contribution in [0.3, 0.4) is 0 Å². The highest BCUT2D eigenvalue weighted by Gasteiger charge is 2.21. The van der Waals surface area contributed by atoms with Crippen molar-refractivity contribution in [3.05, 3.63) is 89.2 Å². The molecule has 4 rings (SSSR count). The van der Waals surface area contributed by atoms with Crippen molar-refractivity contribution in [2.75, 3.05) is 23.3 Å². The van der Waals surface area contributed by atoms with Gasteiger partial charge in [-0.05, 0) is 67.8 Å². The Bertz CT molecular complexity index is 1030. The molecule has 1 aromatic heterocycles. The van der Waals surface area contributed by atoms with E-state index in [9.17, 15) is 4.79 Å². The quantitative estimate of drug-likeness (QED) is 0.544. The number of benzene rings is 2. The number of nitrogens with one attached hydrogen (secondary N) is 2. The summed E-state index contributed by atoms with van der Waals surface area (Å²) in [5.74, 6) is 0.0155. The Morgan fingerprint density at radius 3 is 2.67 bits per heavy atom. The fraction of sp³-hybridized carbons (Fsp3) is 0.357. The molecule has 172 valence electrons. The Balaban J connectivity index is 1.60. The third-order valence-corrected chi connectivity index (χ3v) is 6.19. The molecule has 0 unspecified atom stereocenters. The Morgan fingerprint density at radius 1 is 1.03 bits per heavy atom. The van der Waals surface area contributed by atoms with Crippen LogP contribution in [0.1, 0.15) is 59.2 Å². The number of rotatable bonds is 4. The van der Waals surface area contributed by atoms with Gasteiger partial charge < -0.3 is 15.5 Å². The molecule has 2 heterocycles. The number of carbonyl (C=O) groups excluding carboxylic acids is 1. The number of aromatic nitrogens is 1. The smallest absolute Gasteiger partial charge is 0.259 e. The van der Waals surface area contributed by atoms with Crippen molar-refractivity contribution < 1.29 is 4.79 Å². The Kier molecular flexibility index (Phi) is 8.09. The number of amides is 1. The summed E-state index contributed by atoms with van der Waals surface area (Å²) in [5, 5.41) is 7.14. The molecule has 0 spiro atoms. The first kappa shape index (κ1) is 23.0. The van der Waals surface area contributed by atoms with E-state index < -0.39 is 0 Å². The first-order chi connectivity index (χ1) is 16.2. The average molecular weight is 443 g/mol. The van der Waals surface area contributed by atoms with E-state index in [0.29, 0.717) is 5.56 Å². The van der Waals surface area contributed by atoms with Gasteiger partial charge in [0, 0.05) is 43.4 Å². The van der Waals surface area contributed by atoms with Crippen LogP contribution < -0.4 is 15.5 Å². The second-order valence-corrected chi connectivity index (χ2v) is 8.83. The van der Waals surface area contributed by atoms with Crippen molar-refractivity contribution >= 4 is 17.3 Å². The van der Waals surface area contributed by atoms with E-state index in [2.05, 4.69) is 65.0 Å². The standard InChI is InChI=1S/C28H34N4O/c1-22-9-11-23(12-10-22)19-31-26-13-14-27-25(18-26)21-29-15-5-3-2-4-6-17-32(27)28(33)24-8-7-16-30-20-24/h7-14,16,18,20,29,31H,2-6,15,17,19,21H2,1H3. The molecular formula is C28H34N4O. The first-order valence-electron chi connectivity index (χ1n) is 12.1. The Labute approximate surface area is 197 Å². The monoisotopic (exact) mass is 442 g/mol. The van der Waals surface area contributed by atoms with E-state index in [-0.39, 0.29) is 5.91 Å². The number of hydrogen-bond acceptors (Lipinski definition) is 4. The van der Waals surface area contributed by atoms with Crippen molar-refractivity contribution in [2.24, 2.45) is 0 Å². The van der Waals surface area contributed by atoms with Gasteiger partial charge in [0.15, 0.2) is 0 Å². The summed E-state index contributed by atoms with van der Waals surface area (Å²) in [4.78, 5) is 19.6. The molecule has 0 saturated heterocycles. The highest BCUT2D eigenvalue weighted by atomic mass is 16.2. The molecule has 1 aliphatic heterocycles. The number of fused-ring (bicyclic) bond motifs is 1. The maximum Gasteiger partial charge on any atom is 0.259 e. The third kappa shape index (κ3) is 6.42. The van der Waals surface area contributed by atoms with Crippen molar-refractivity contribution in [2.45, 2.75) is 52.1 Å². The van der Waals surface area contributed by atoms with Crippen LogP contribution >= 0.6 is 0 Å². The van der Waals surface area contributed by atoms with Crippen LogP contribution in [0.15, 0.2) is 67.0 Å². The molecule has 0 bridgehead atoms. The average Bonchev–Trinajstić information content (AvgIpc) is 2.84. The molecule has 0 aliphatic carbocycles. The molecule has 3 aromatic rings. The number of aryl methyl sites for hydroxylation is 1. The molecule has 5 heteroatoms. The summed E-state index contributed by atoms with van der Waals surface area (Å²) in [7, 11) is 0. The lowest BCUT2D eigenvalue weighted by Crippen LogP contribution is -2.33. The third-order valence-electron chi connectivity index (χ3n) is 6.19. The van der Waals surface area contributed by atoms with E-state index in [1.54, 1.807) is 12.4 Å². The zero-order chi connectivity index (χ0) is 22.9. The fourth-order valence-electron chi connectivity index (χ4n) is 4.26. The topological polar surface area (TPSA) is 57.3 Å². The summed E-state index contributed by atoms with van der Waals surface area (Å²) in [6.07, 6.45) is 9.15. The second-order valence-electron chi connectivity index (χ2n) is 8.83. The number of nitrogens with zero attached hydrogens (tertiary/aromatic N) is 2. The van der Waals surface area contributed by atoms with E-state index >= 15 is 0 Å². The summed E-state index contributed by atoms with van der Waals surface area (Å²) < 4.78 is 0. The maximum absolute atomic E-state index is 13.5. The number of carbonyl (C=O) groups is 1. The summed E-state index contributed by atoms with van der Waals surface area (Å²) >= 11 is 0. The van der Waals surface area contributed by atoms with Crippen LogP contribution in [0.4, 0.5) is 11.4 Å². The first-order valence-corrected chi connectivity index (χ1v) is 12.1.